The van der Waals surface area contributed by atoms with Gasteiger partial charge in [0.15, 0.2) is 0 Å². The van der Waals surface area contributed by atoms with Crippen LogP contribution in [0.3, 0.4) is 0 Å². The van der Waals surface area contributed by atoms with Crippen LogP contribution in [0.25, 0.3) is 0 Å². The molecular weight excluding hydrogens is 371 g/mol. The molecule has 138 valence electrons. The number of amides is 1. The van der Waals surface area contributed by atoms with Crippen LogP contribution in [0.1, 0.15) is 15.9 Å². The van der Waals surface area contributed by atoms with Gasteiger partial charge in [0.2, 0.25) is 5.95 Å². The van der Waals surface area contributed by atoms with Crippen molar-refractivity contribution < 1.29 is 13.9 Å². The lowest BCUT2D eigenvalue weighted by Gasteiger charge is -2.10. The van der Waals surface area contributed by atoms with E-state index in [0.29, 0.717) is 22.0 Å². The smallest absolute Gasteiger partial charge is 0.254 e. The van der Waals surface area contributed by atoms with Crippen molar-refractivity contribution in [3.05, 3.63) is 76.8 Å². The molecule has 2 aromatic carbocycles. The fraction of sp³-hybridized carbons (Fsp3) is 0.105. The fourth-order valence-electron chi connectivity index (χ4n) is 2.33. The van der Waals surface area contributed by atoms with E-state index in [9.17, 15) is 9.18 Å². The molecule has 1 amide bonds. The van der Waals surface area contributed by atoms with E-state index in [2.05, 4.69) is 20.6 Å². The number of nitrogens with one attached hydrogen (secondary N) is 2. The molecule has 0 bridgehead atoms. The first-order valence-electron chi connectivity index (χ1n) is 8.01. The maximum Gasteiger partial charge on any atom is 0.254 e. The van der Waals surface area contributed by atoms with Gasteiger partial charge in [0.1, 0.15) is 11.6 Å². The normalized spacial score (nSPS) is 10.3. The number of hydrogen-bond acceptors (Lipinski definition) is 5. The Kier molecular flexibility index (Phi) is 5.83. The monoisotopic (exact) mass is 386 g/mol. The molecule has 0 radical (unpaired) electrons. The maximum atomic E-state index is 13.6. The van der Waals surface area contributed by atoms with Gasteiger partial charge in [-0.15, -0.1) is 0 Å². The van der Waals surface area contributed by atoms with Crippen LogP contribution < -0.4 is 15.4 Å². The quantitative estimate of drug-likeness (QED) is 0.670. The zero-order chi connectivity index (χ0) is 19.2. The third-order valence-corrected chi connectivity index (χ3v) is 3.95. The van der Waals surface area contributed by atoms with Gasteiger partial charge in [0, 0.05) is 29.5 Å². The van der Waals surface area contributed by atoms with Crippen LogP contribution in [-0.2, 0) is 6.54 Å². The van der Waals surface area contributed by atoms with Crippen LogP contribution in [-0.4, -0.2) is 23.0 Å². The second kappa shape index (κ2) is 8.46. The zero-order valence-corrected chi connectivity index (χ0v) is 15.1. The summed E-state index contributed by atoms with van der Waals surface area (Å²) in [5.74, 6) is 0.0881. The number of methoxy groups -OCH3 is 1. The average Bonchev–Trinajstić information content (AvgIpc) is 2.68. The van der Waals surface area contributed by atoms with E-state index in [1.165, 1.54) is 25.6 Å². The summed E-state index contributed by atoms with van der Waals surface area (Å²) >= 11 is 5.99. The highest BCUT2D eigenvalue weighted by atomic mass is 35.5. The number of anilines is 2. The second-order valence-electron chi connectivity index (χ2n) is 5.54. The van der Waals surface area contributed by atoms with E-state index in [-0.39, 0.29) is 23.9 Å². The molecule has 27 heavy (non-hydrogen) atoms. The lowest BCUT2D eigenvalue weighted by atomic mass is 10.2. The highest BCUT2D eigenvalue weighted by molar-refractivity contribution is 6.31. The molecular formula is C19H16ClFN4O2. The molecule has 8 heteroatoms. The van der Waals surface area contributed by atoms with E-state index >= 15 is 0 Å². The summed E-state index contributed by atoms with van der Waals surface area (Å²) in [7, 11) is 1.54. The molecule has 3 aromatic rings. The predicted molar refractivity (Wildman–Crippen MR) is 101 cm³/mol. The molecule has 0 spiro atoms. The van der Waals surface area contributed by atoms with E-state index in [4.69, 9.17) is 16.3 Å². The van der Waals surface area contributed by atoms with Crippen LogP contribution in [0.4, 0.5) is 16.0 Å². The van der Waals surface area contributed by atoms with Gasteiger partial charge < -0.3 is 15.4 Å². The molecule has 0 aliphatic rings. The lowest BCUT2D eigenvalue weighted by molar-refractivity contribution is 0.0950. The second-order valence-corrected chi connectivity index (χ2v) is 5.98. The highest BCUT2D eigenvalue weighted by Gasteiger charge is 2.10. The molecule has 0 unspecified atom stereocenters. The Morgan fingerprint density at radius 2 is 1.93 bits per heavy atom. The number of nitrogens with zero attached hydrogens (tertiary/aromatic N) is 2. The number of halogens is 2. The third kappa shape index (κ3) is 4.71. The summed E-state index contributed by atoms with van der Waals surface area (Å²) in [6.45, 7) is 0.0746. The number of benzene rings is 2. The van der Waals surface area contributed by atoms with Crippen molar-refractivity contribution in [3.63, 3.8) is 0 Å². The van der Waals surface area contributed by atoms with Crippen molar-refractivity contribution >= 4 is 29.1 Å². The number of rotatable bonds is 6. The van der Waals surface area contributed by atoms with Gasteiger partial charge in [-0.3, -0.25) is 4.79 Å². The van der Waals surface area contributed by atoms with Crippen LogP contribution in [0.15, 0.2) is 54.9 Å². The van der Waals surface area contributed by atoms with Gasteiger partial charge in [0.05, 0.1) is 18.4 Å². The summed E-state index contributed by atoms with van der Waals surface area (Å²) in [6.07, 6.45) is 2.76. The minimum absolute atomic E-state index is 0.0746. The Hall–Kier alpha value is -3.19. The van der Waals surface area contributed by atoms with Crippen molar-refractivity contribution in [2.24, 2.45) is 0 Å². The largest absolute Gasteiger partial charge is 0.495 e. The zero-order valence-electron chi connectivity index (χ0n) is 14.4. The molecule has 0 saturated heterocycles. The Bertz CT molecular complexity index is 951. The van der Waals surface area contributed by atoms with Gasteiger partial charge in [-0.05, 0) is 24.3 Å². The molecule has 2 N–H and O–H groups in total. The Morgan fingerprint density at radius 3 is 2.63 bits per heavy atom. The van der Waals surface area contributed by atoms with E-state index < -0.39 is 5.91 Å². The molecule has 0 aliphatic heterocycles. The van der Waals surface area contributed by atoms with E-state index in [1.54, 1.807) is 36.4 Å². The van der Waals surface area contributed by atoms with Gasteiger partial charge in [0.25, 0.3) is 5.91 Å². The topological polar surface area (TPSA) is 76.1 Å². The summed E-state index contributed by atoms with van der Waals surface area (Å²) in [5, 5.41) is 6.15. The molecule has 3 rings (SSSR count). The van der Waals surface area contributed by atoms with Crippen molar-refractivity contribution in [2.45, 2.75) is 6.54 Å². The number of aromatic nitrogens is 2. The third-order valence-electron chi connectivity index (χ3n) is 3.72. The van der Waals surface area contributed by atoms with Crippen LogP contribution in [0, 0.1) is 5.82 Å². The summed E-state index contributed by atoms with van der Waals surface area (Å²) in [6, 6.07) is 11.4. The summed E-state index contributed by atoms with van der Waals surface area (Å²) in [4.78, 5) is 20.4. The first kappa shape index (κ1) is 18.6. The molecule has 0 saturated carbocycles. The minimum Gasteiger partial charge on any atom is -0.495 e. The molecule has 1 heterocycles. The van der Waals surface area contributed by atoms with Crippen molar-refractivity contribution in [1.29, 1.82) is 0 Å². The summed E-state index contributed by atoms with van der Waals surface area (Å²) in [5.41, 5.74) is 1.26. The van der Waals surface area contributed by atoms with Crippen molar-refractivity contribution in [3.8, 4) is 5.75 Å². The van der Waals surface area contributed by atoms with Crippen LogP contribution in [0.5, 0.6) is 5.75 Å². The van der Waals surface area contributed by atoms with E-state index in [0.717, 1.165) is 0 Å². The van der Waals surface area contributed by atoms with Gasteiger partial charge in [-0.2, -0.15) is 0 Å². The van der Waals surface area contributed by atoms with Crippen LogP contribution >= 0.6 is 11.6 Å². The fourth-order valence-corrected chi connectivity index (χ4v) is 2.50. The van der Waals surface area contributed by atoms with Crippen molar-refractivity contribution in [2.75, 3.05) is 12.4 Å². The summed E-state index contributed by atoms with van der Waals surface area (Å²) < 4.78 is 18.8. The number of ether oxygens (including phenoxy) is 1. The predicted octanol–water partition coefficient (Wildman–Crippen LogP) is 3.95. The van der Waals surface area contributed by atoms with Crippen molar-refractivity contribution in [1.82, 2.24) is 15.3 Å². The maximum absolute atomic E-state index is 13.6. The standard InChI is InChI=1S/C19H16ClFN4O2/c1-27-17-7-6-14(20)8-16(17)25-19-23-10-13(11-24-19)18(26)22-9-12-4-2-3-5-15(12)21/h2-8,10-11H,9H2,1H3,(H,22,26)(H,23,24,25). The van der Waals surface area contributed by atoms with E-state index in [1.807, 2.05) is 0 Å². The molecule has 0 aliphatic carbocycles. The average molecular weight is 387 g/mol. The van der Waals surface area contributed by atoms with Gasteiger partial charge in [-0.1, -0.05) is 29.8 Å². The molecule has 6 nitrogen and oxygen atoms in total. The van der Waals surface area contributed by atoms with Gasteiger partial charge in [-0.25, -0.2) is 14.4 Å². The SMILES string of the molecule is COc1ccc(Cl)cc1Nc1ncc(C(=O)NCc2ccccc2F)cn1. The first-order chi connectivity index (χ1) is 13.1. The number of carbonyl (C=O) groups excluding carboxylic acids is 1. The minimum atomic E-state index is -0.398. The molecule has 0 atom stereocenters. The highest BCUT2D eigenvalue weighted by Crippen LogP contribution is 2.29. The Morgan fingerprint density at radius 1 is 1.19 bits per heavy atom. The Balaban J connectivity index is 1.65. The number of carbonyl (C=O) groups is 1. The first-order valence-corrected chi connectivity index (χ1v) is 8.39. The lowest BCUT2D eigenvalue weighted by Crippen LogP contribution is -2.23. The van der Waals surface area contributed by atoms with Gasteiger partial charge >= 0.3 is 0 Å². The number of hydrogen-bond donors (Lipinski definition) is 2. The van der Waals surface area contributed by atoms with Crippen LogP contribution in [0.2, 0.25) is 5.02 Å². The molecule has 0 fully saturated rings. The molecule has 1 aromatic heterocycles. The Labute approximate surface area is 160 Å².